The quantitative estimate of drug-likeness (QED) is 0.617. The van der Waals surface area contributed by atoms with Crippen molar-refractivity contribution in [1.82, 2.24) is 9.55 Å². The third-order valence-corrected chi connectivity index (χ3v) is 3.79. The summed E-state index contributed by atoms with van der Waals surface area (Å²) in [6, 6.07) is 3.77. The largest absolute Gasteiger partial charge is 0.356 e. The SMILES string of the molecule is C[S+](C)CCOCn1ccc2c(Cl)ccnc21. The Morgan fingerprint density at radius 2 is 2.24 bits per heavy atom. The van der Waals surface area contributed by atoms with Crippen LogP contribution in [0.5, 0.6) is 0 Å². The monoisotopic (exact) mass is 271 g/mol. The third kappa shape index (κ3) is 3.15. The minimum atomic E-state index is 0.434. The van der Waals surface area contributed by atoms with Gasteiger partial charge in [-0.3, -0.25) is 0 Å². The van der Waals surface area contributed by atoms with Gasteiger partial charge in [-0.15, -0.1) is 0 Å². The maximum atomic E-state index is 6.08. The molecule has 0 radical (unpaired) electrons. The maximum absolute atomic E-state index is 6.08. The van der Waals surface area contributed by atoms with E-state index in [-0.39, 0.29) is 0 Å². The number of hydrogen-bond acceptors (Lipinski definition) is 2. The molecular weight excluding hydrogens is 256 g/mol. The molecule has 0 amide bonds. The van der Waals surface area contributed by atoms with Gasteiger partial charge in [-0.1, -0.05) is 11.6 Å². The molecule has 0 aliphatic carbocycles. The highest BCUT2D eigenvalue weighted by Crippen LogP contribution is 2.22. The van der Waals surface area contributed by atoms with Gasteiger partial charge in [0.05, 0.1) is 24.1 Å². The molecule has 0 spiro atoms. The second-order valence-corrected chi connectivity index (χ2v) is 6.83. The zero-order chi connectivity index (χ0) is 12.3. The Labute approximate surface area is 109 Å². The second-order valence-electron chi connectivity index (χ2n) is 4.04. The molecule has 0 bridgehead atoms. The van der Waals surface area contributed by atoms with Crippen LogP contribution in [0.4, 0.5) is 0 Å². The molecule has 2 aromatic heterocycles. The van der Waals surface area contributed by atoms with Gasteiger partial charge in [0.15, 0.2) is 0 Å². The second kappa shape index (κ2) is 5.76. The molecule has 2 heterocycles. The Balaban J connectivity index is 2.02. The Hall–Kier alpha value is -0.710. The molecule has 0 fully saturated rings. The molecule has 0 N–H and O–H groups in total. The number of pyridine rings is 1. The first-order chi connectivity index (χ1) is 8.18. The molecule has 92 valence electrons. The molecule has 3 nitrogen and oxygen atoms in total. The van der Waals surface area contributed by atoms with Crippen molar-refractivity contribution in [2.24, 2.45) is 0 Å². The smallest absolute Gasteiger partial charge is 0.143 e. The van der Waals surface area contributed by atoms with Crippen molar-refractivity contribution in [3.05, 3.63) is 29.5 Å². The lowest BCUT2D eigenvalue weighted by atomic mass is 10.3. The number of aromatic nitrogens is 2. The van der Waals surface area contributed by atoms with E-state index in [0.29, 0.717) is 17.6 Å². The number of hydrogen-bond donors (Lipinski definition) is 0. The van der Waals surface area contributed by atoms with Gasteiger partial charge in [0, 0.05) is 17.8 Å². The van der Waals surface area contributed by atoms with Crippen LogP contribution in [-0.4, -0.2) is 34.4 Å². The summed E-state index contributed by atoms with van der Waals surface area (Å²) in [6.45, 7) is 1.32. The highest BCUT2D eigenvalue weighted by molar-refractivity contribution is 7.95. The first-order valence-electron chi connectivity index (χ1n) is 5.40. The maximum Gasteiger partial charge on any atom is 0.143 e. The molecule has 5 heteroatoms. The average molecular weight is 272 g/mol. The molecule has 2 rings (SSSR count). The van der Waals surface area contributed by atoms with Gasteiger partial charge in [-0.2, -0.15) is 0 Å². The lowest BCUT2D eigenvalue weighted by Gasteiger charge is -2.05. The summed E-state index contributed by atoms with van der Waals surface area (Å²) in [5, 5.41) is 1.71. The fraction of sp³-hybridized carbons (Fsp3) is 0.417. The Kier molecular flexibility index (Phi) is 4.31. The van der Waals surface area contributed by atoms with Crippen molar-refractivity contribution in [3.8, 4) is 0 Å². The molecule has 2 aromatic rings. The van der Waals surface area contributed by atoms with E-state index in [2.05, 4.69) is 17.5 Å². The summed E-state index contributed by atoms with van der Waals surface area (Å²) in [7, 11) is 0.434. The summed E-state index contributed by atoms with van der Waals surface area (Å²) in [5.41, 5.74) is 0.879. The highest BCUT2D eigenvalue weighted by Gasteiger charge is 2.06. The van der Waals surface area contributed by atoms with Gasteiger partial charge in [-0.25, -0.2) is 4.98 Å². The van der Waals surface area contributed by atoms with Crippen LogP contribution in [0.1, 0.15) is 0 Å². The van der Waals surface area contributed by atoms with Crippen LogP contribution >= 0.6 is 11.6 Å². The van der Waals surface area contributed by atoms with Crippen molar-refractivity contribution in [2.45, 2.75) is 6.73 Å². The Morgan fingerprint density at radius 1 is 1.41 bits per heavy atom. The van der Waals surface area contributed by atoms with Gasteiger partial charge >= 0.3 is 0 Å². The molecule has 0 aliphatic heterocycles. The molecule has 0 aromatic carbocycles. The first-order valence-corrected chi connectivity index (χ1v) is 7.98. The van der Waals surface area contributed by atoms with E-state index in [1.165, 1.54) is 0 Å². The summed E-state index contributed by atoms with van der Waals surface area (Å²) in [4.78, 5) is 4.32. The molecule has 0 saturated heterocycles. The minimum Gasteiger partial charge on any atom is -0.356 e. The van der Waals surface area contributed by atoms with Crippen LogP contribution in [0.2, 0.25) is 5.02 Å². The predicted octanol–water partition coefficient (Wildman–Crippen LogP) is 2.54. The van der Waals surface area contributed by atoms with Crippen molar-refractivity contribution >= 4 is 33.5 Å². The van der Waals surface area contributed by atoms with E-state index in [0.717, 1.165) is 28.4 Å². The lowest BCUT2D eigenvalue weighted by Crippen LogP contribution is -2.11. The normalized spacial score (nSPS) is 11.5. The van der Waals surface area contributed by atoms with Gasteiger partial charge in [-0.05, 0) is 23.0 Å². The van der Waals surface area contributed by atoms with Crippen LogP contribution in [-0.2, 0) is 22.4 Å². The molecule has 0 saturated carbocycles. The van der Waals surface area contributed by atoms with Gasteiger partial charge in [0.1, 0.15) is 18.1 Å². The van der Waals surface area contributed by atoms with Crippen molar-refractivity contribution in [2.75, 3.05) is 24.9 Å². The molecule has 0 aliphatic rings. The first kappa shape index (κ1) is 12.7. The minimum absolute atomic E-state index is 0.434. The molecule has 17 heavy (non-hydrogen) atoms. The Morgan fingerprint density at radius 3 is 3.00 bits per heavy atom. The van der Waals surface area contributed by atoms with Crippen LogP contribution in [0, 0.1) is 0 Å². The van der Waals surface area contributed by atoms with E-state index in [1.54, 1.807) is 12.3 Å². The number of halogens is 1. The van der Waals surface area contributed by atoms with E-state index < -0.39 is 0 Å². The van der Waals surface area contributed by atoms with Crippen LogP contribution in [0.25, 0.3) is 11.0 Å². The van der Waals surface area contributed by atoms with Crippen molar-refractivity contribution in [3.63, 3.8) is 0 Å². The van der Waals surface area contributed by atoms with Gasteiger partial charge in [0.2, 0.25) is 0 Å². The third-order valence-electron chi connectivity index (χ3n) is 2.48. The number of fused-ring (bicyclic) bond motifs is 1. The molecule has 0 atom stereocenters. The van der Waals surface area contributed by atoms with Crippen molar-refractivity contribution < 1.29 is 4.74 Å². The molecule has 0 unspecified atom stereocenters. The van der Waals surface area contributed by atoms with Crippen LogP contribution < -0.4 is 0 Å². The fourth-order valence-electron chi connectivity index (χ4n) is 1.55. The van der Waals surface area contributed by atoms with Crippen LogP contribution in [0.15, 0.2) is 24.5 Å². The summed E-state index contributed by atoms with van der Waals surface area (Å²) < 4.78 is 7.60. The van der Waals surface area contributed by atoms with E-state index in [1.807, 2.05) is 16.8 Å². The van der Waals surface area contributed by atoms with E-state index in [9.17, 15) is 0 Å². The van der Waals surface area contributed by atoms with Gasteiger partial charge in [0.25, 0.3) is 0 Å². The topological polar surface area (TPSA) is 27.1 Å². The summed E-state index contributed by atoms with van der Waals surface area (Å²) in [5.74, 6) is 1.10. The summed E-state index contributed by atoms with van der Waals surface area (Å²) in [6.07, 6.45) is 8.11. The number of ether oxygens (including phenoxy) is 1. The van der Waals surface area contributed by atoms with E-state index in [4.69, 9.17) is 16.3 Å². The summed E-state index contributed by atoms with van der Waals surface area (Å²) >= 11 is 6.08. The molecular formula is C12H16ClN2OS+. The number of nitrogens with zero attached hydrogens (tertiary/aromatic N) is 2. The lowest BCUT2D eigenvalue weighted by molar-refractivity contribution is 0.0924. The predicted molar refractivity (Wildman–Crippen MR) is 74.8 cm³/mol. The fourth-order valence-corrected chi connectivity index (χ4v) is 2.21. The zero-order valence-electron chi connectivity index (χ0n) is 10.0. The van der Waals surface area contributed by atoms with E-state index >= 15 is 0 Å². The highest BCUT2D eigenvalue weighted by atomic mass is 35.5. The number of rotatable bonds is 5. The van der Waals surface area contributed by atoms with Gasteiger partial charge < -0.3 is 9.30 Å². The van der Waals surface area contributed by atoms with Crippen molar-refractivity contribution in [1.29, 1.82) is 0 Å². The Bertz CT molecular complexity index is 498. The zero-order valence-corrected chi connectivity index (χ0v) is 11.6. The average Bonchev–Trinajstić information content (AvgIpc) is 2.69. The standard InChI is InChI=1S/C12H16ClN2OS/c1-17(2)8-7-16-9-15-6-4-10-11(13)3-5-14-12(10)15/h3-6H,7-9H2,1-2H3/q+1. The van der Waals surface area contributed by atoms with Crippen LogP contribution in [0.3, 0.4) is 0 Å².